The zero-order valence-corrected chi connectivity index (χ0v) is 16.3. The topological polar surface area (TPSA) is 74.2 Å². The van der Waals surface area contributed by atoms with Gasteiger partial charge in [0.05, 0.1) is 16.9 Å². The Labute approximate surface area is 164 Å². The molecular weight excluding hydrogens is 380 g/mol. The lowest BCUT2D eigenvalue weighted by Gasteiger charge is -2.20. The molecule has 0 saturated heterocycles. The SMILES string of the molecule is Cc1cc(C(C)n2c(=O)oc(=O)c3ccccc32)c2cc(Cl)n(C)c(=O)c2c1. The summed E-state index contributed by atoms with van der Waals surface area (Å²) in [5.41, 5.74) is 1.21. The number of aromatic nitrogens is 2. The Kier molecular flexibility index (Phi) is 4.23. The van der Waals surface area contributed by atoms with E-state index in [1.54, 1.807) is 43.4 Å². The molecule has 6 nitrogen and oxygen atoms in total. The Hall–Kier alpha value is -3.12. The summed E-state index contributed by atoms with van der Waals surface area (Å²) in [6, 6.07) is 11.7. The van der Waals surface area contributed by atoms with Crippen LogP contribution in [0.2, 0.25) is 5.15 Å². The van der Waals surface area contributed by atoms with Crippen LogP contribution in [0.4, 0.5) is 0 Å². The van der Waals surface area contributed by atoms with Crippen molar-refractivity contribution < 1.29 is 4.42 Å². The number of rotatable bonds is 2. The van der Waals surface area contributed by atoms with Crippen LogP contribution in [0.25, 0.3) is 21.7 Å². The van der Waals surface area contributed by atoms with Crippen LogP contribution < -0.4 is 16.9 Å². The van der Waals surface area contributed by atoms with Gasteiger partial charge in [-0.15, -0.1) is 0 Å². The molecule has 4 rings (SSSR count). The van der Waals surface area contributed by atoms with E-state index in [1.807, 2.05) is 19.9 Å². The Morgan fingerprint density at radius 2 is 1.71 bits per heavy atom. The monoisotopic (exact) mass is 396 g/mol. The summed E-state index contributed by atoms with van der Waals surface area (Å²) in [6.45, 7) is 3.71. The Bertz CT molecular complexity index is 1430. The van der Waals surface area contributed by atoms with E-state index in [-0.39, 0.29) is 5.56 Å². The number of pyridine rings is 1. The Morgan fingerprint density at radius 1 is 1.00 bits per heavy atom. The van der Waals surface area contributed by atoms with Gasteiger partial charge in [-0.25, -0.2) is 9.59 Å². The fourth-order valence-electron chi connectivity index (χ4n) is 3.65. The van der Waals surface area contributed by atoms with Crippen molar-refractivity contribution in [2.45, 2.75) is 19.9 Å². The van der Waals surface area contributed by atoms with Crippen LogP contribution in [0, 0.1) is 6.92 Å². The summed E-state index contributed by atoms with van der Waals surface area (Å²) in [4.78, 5) is 37.3. The summed E-state index contributed by atoms with van der Waals surface area (Å²) >= 11 is 6.24. The Balaban J connectivity index is 2.11. The molecule has 2 aromatic heterocycles. The highest BCUT2D eigenvalue weighted by molar-refractivity contribution is 6.30. The van der Waals surface area contributed by atoms with Crippen LogP contribution in [0.1, 0.15) is 24.1 Å². The second kappa shape index (κ2) is 6.49. The zero-order chi connectivity index (χ0) is 20.2. The molecule has 1 unspecified atom stereocenters. The van der Waals surface area contributed by atoms with Crippen molar-refractivity contribution in [2.75, 3.05) is 0 Å². The molecule has 0 bridgehead atoms. The number of hydrogen-bond donors (Lipinski definition) is 0. The average Bonchev–Trinajstić information content (AvgIpc) is 2.66. The van der Waals surface area contributed by atoms with Gasteiger partial charge in [0.15, 0.2) is 0 Å². The first kappa shape index (κ1) is 18.3. The smallest absolute Gasteiger partial charge is 0.372 e. The van der Waals surface area contributed by atoms with Crippen molar-refractivity contribution in [1.82, 2.24) is 9.13 Å². The third-order valence-electron chi connectivity index (χ3n) is 5.07. The molecule has 1 atom stereocenters. The fourth-order valence-corrected chi connectivity index (χ4v) is 3.83. The summed E-state index contributed by atoms with van der Waals surface area (Å²) in [6.07, 6.45) is 0. The maximum absolute atomic E-state index is 12.7. The minimum Gasteiger partial charge on any atom is -0.372 e. The van der Waals surface area contributed by atoms with E-state index in [0.717, 1.165) is 11.1 Å². The van der Waals surface area contributed by atoms with Crippen molar-refractivity contribution in [3.8, 4) is 0 Å². The lowest BCUT2D eigenvalue weighted by molar-refractivity contribution is 0.406. The van der Waals surface area contributed by atoms with Gasteiger partial charge in [-0.05, 0) is 54.6 Å². The molecular formula is C21H17ClN2O4. The number of aryl methyl sites for hydroxylation is 1. The first-order valence-corrected chi connectivity index (χ1v) is 9.11. The van der Waals surface area contributed by atoms with E-state index in [2.05, 4.69) is 0 Å². The molecule has 0 saturated carbocycles. The van der Waals surface area contributed by atoms with Crippen molar-refractivity contribution >= 4 is 33.3 Å². The molecule has 7 heteroatoms. The molecule has 0 radical (unpaired) electrons. The first-order chi connectivity index (χ1) is 13.3. The molecule has 0 spiro atoms. The summed E-state index contributed by atoms with van der Waals surface area (Å²) in [5.74, 6) is -0.749. The third kappa shape index (κ3) is 2.68. The Morgan fingerprint density at radius 3 is 2.46 bits per heavy atom. The number of hydrogen-bond acceptors (Lipinski definition) is 4. The van der Waals surface area contributed by atoms with Crippen molar-refractivity contribution in [1.29, 1.82) is 0 Å². The van der Waals surface area contributed by atoms with Crippen LogP contribution in [0.5, 0.6) is 0 Å². The van der Waals surface area contributed by atoms with E-state index < -0.39 is 17.4 Å². The summed E-state index contributed by atoms with van der Waals surface area (Å²) in [7, 11) is 1.61. The third-order valence-corrected chi connectivity index (χ3v) is 5.44. The standard InChI is InChI=1S/C21H17ClN2O4/c1-11-8-14(15-10-18(22)23(3)19(25)16(15)9-11)12(2)24-17-7-5-4-6-13(17)20(26)28-21(24)27/h4-10,12H,1-3H3. The zero-order valence-electron chi connectivity index (χ0n) is 15.5. The lowest BCUT2D eigenvalue weighted by atomic mass is 9.97. The highest BCUT2D eigenvalue weighted by Crippen LogP contribution is 2.29. The highest BCUT2D eigenvalue weighted by Gasteiger charge is 2.20. The van der Waals surface area contributed by atoms with Crippen LogP contribution in [-0.2, 0) is 7.05 Å². The van der Waals surface area contributed by atoms with E-state index >= 15 is 0 Å². The van der Waals surface area contributed by atoms with Gasteiger partial charge in [0.2, 0.25) is 0 Å². The maximum atomic E-state index is 12.7. The molecule has 0 aliphatic carbocycles. The molecule has 0 fully saturated rings. The van der Waals surface area contributed by atoms with Crippen molar-refractivity contribution in [3.05, 3.63) is 90.1 Å². The summed E-state index contributed by atoms with van der Waals surface area (Å²) in [5, 5.41) is 1.79. The minimum absolute atomic E-state index is 0.212. The number of benzene rings is 2. The van der Waals surface area contributed by atoms with Gasteiger partial charge in [0, 0.05) is 12.4 Å². The molecule has 142 valence electrons. The second-order valence-corrected chi connectivity index (χ2v) is 7.25. The van der Waals surface area contributed by atoms with E-state index in [1.165, 1.54) is 9.13 Å². The van der Waals surface area contributed by atoms with Crippen LogP contribution in [0.15, 0.2) is 61.3 Å². The predicted octanol–water partition coefficient (Wildman–Crippen LogP) is 3.38. The average molecular weight is 397 g/mol. The van der Waals surface area contributed by atoms with E-state index in [4.69, 9.17) is 16.0 Å². The number of para-hydroxylation sites is 1. The quantitative estimate of drug-likeness (QED) is 0.487. The predicted molar refractivity (Wildman–Crippen MR) is 109 cm³/mol. The van der Waals surface area contributed by atoms with Gasteiger partial charge in [0.25, 0.3) is 5.56 Å². The van der Waals surface area contributed by atoms with Gasteiger partial charge in [0.1, 0.15) is 5.15 Å². The van der Waals surface area contributed by atoms with Crippen LogP contribution >= 0.6 is 11.6 Å². The van der Waals surface area contributed by atoms with Gasteiger partial charge in [-0.2, -0.15) is 0 Å². The van der Waals surface area contributed by atoms with Gasteiger partial charge in [-0.1, -0.05) is 29.8 Å². The first-order valence-electron chi connectivity index (χ1n) is 8.73. The lowest BCUT2D eigenvalue weighted by Crippen LogP contribution is -2.28. The highest BCUT2D eigenvalue weighted by atomic mass is 35.5. The molecule has 0 aliphatic heterocycles. The van der Waals surface area contributed by atoms with Crippen molar-refractivity contribution in [2.24, 2.45) is 7.05 Å². The minimum atomic E-state index is -0.749. The maximum Gasteiger partial charge on any atom is 0.422 e. The molecule has 0 N–H and O–H groups in total. The van der Waals surface area contributed by atoms with Gasteiger partial charge in [-0.3, -0.25) is 9.36 Å². The molecule has 28 heavy (non-hydrogen) atoms. The summed E-state index contributed by atoms with van der Waals surface area (Å²) < 4.78 is 7.74. The molecule has 4 aromatic rings. The van der Waals surface area contributed by atoms with Crippen LogP contribution in [0.3, 0.4) is 0 Å². The van der Waals surface area contributed by atoms with Crippen molar-refractivity contribution in [3.63, 3.8) is 0 Å². The number of nitrogens with zero attached hydrogens (tertiary/aromatic N) is 2. The number of halogens is 1. The van der Waals surface area contributed by atoms with E-state index in [9.17, 15) is 14.4 Å². The molecule has 0 aliphatic rings. The fraction of sp³-hybridized carbons (Fsp3) is 0.190. The normalized spacial score (nSPS) is 12.6. The molecule has 2 heterocycles. The van der Waals surface area contributed by atoms with Gasteiger partial charge >= 0.3 is 11.4 Å². The molecule has 2 aromatic carbocycles. The number of fused-ring (bicyclic) bond motifs is 2. The van der Waals surface area contributed by atoms with Gasteiger partial charge < -0.3 is 8.98 Å². The second-order valence-electron chi connectivity index (χ2n) is 6.87. The van der Waals surface area contributed by atoms with Crippen LogP contribution in [-0.4, -0.2) is 9.13 Å². The largest absolute Gasteiger partial charge is 0.422 e. The van der Waals surface area contributed by atoms with E-state index in [0.29, 0.717) is 26.8 Å². The molecule has 0 amide bonds.